The number of ketones is 1. The van der Waals surface area contributed by atoms with Crippen LogP contribution >= 0.6 is 134 Å². The summed E-state index contributed by atoms with van der Waals surface area (Å²) in [6.07, 6.45) is 1.15. The number of rotatable bonds is 11. The molecule has 0 aromatic heterocycles. The lowest BCUT2D eigenvalue weighted by atomic mass is 9.90. The molecule has 0 aliphatic heterocycles. The molecule has 0 rings (SSSR count). The van der Waals surface area contributed by atoms with Crippen LogP contribution in [-0.4, -0.2) is 21.5 Å². The molecule has 0 aromatic carbocycles. The zero-order chi connectivity index (χ0) is 27.7. The number of Topliss-reactive ketones (excluding diaryl/α,β-unsaturated/α-hetero) is 1. The molecule has 0 radical (unpaired) electrons. The minimum absolute atomic E-state index is 0.0184. The van der Waals surface area contributed by atoms with E-state index in [-0.39, 0.29) is 41.1 Å². The van der Waals surface area contributed by atoms with Crippen LogP contribution in [0.25, 0.3) is 0 Å². The smallest absolute Gasteiger partial charge is 0.307 e. The van der Waals surface area contributed by atoms with Gasteiger partial charge in [0.15, 0.2) is 10.9 Å². The maximum absolute atomic E-state index is 12.7. The average molecular weight is 770 g/mol. The van der Waals surface area contributed by atoms with Crippen LogP contribution in [0.1, 0.15) is 61.3 Å². The van der Waals surface area contributed by atoms with E-state index in [4.69, 9.17) is 4.74 Å². The first-order valence-electron chi connectivity index (χ1n) is 9.99. The summed E-state index contributed by atoms with van der Waals surface area (Å²) in [6.45, 7) is 14.6. The van der Waals surface area contributed by atoms with Gasteiger partial charge in [-0.25, -0.2) is 0 Å². The molecule has 34 heavy (non-hydrogen) atoms. The van der Waals surface area contributed by atoms with Crippen molar-refractivity contribution in [2.45, 2.75) is 71.0 Å². The van der Waals surface area contributed by atoms with Crippen molar-refractivity contribution in [2.75, 3.05) is 0 Å². The third-order valence-electron chi connectivity index (χ3n) is 4.19. The SMILES string of the molecule is CC(C)(C)CC(=O)C(PP)(P(P)P)P(P)PP.CC(C)(C)CC(=O)OC(C)(P(P)P)P(P)PP. The van der Waals surface area contributed by atoms with Gasteiger partial charge in [-0.3, -0.25) is 9.59 Å². The zero-order valence-electron chi connectivity index (χ0n) is 21.1. The highest BCUT2D eigenvalue weighted by Crippen LogP contribution is 2.91. The van der Waals surface area contributed by atoms with Crippen molar-refractivity contribution in [1.82, 2.24) is 0 Å². The number of ether oxygens (including phenoxy) is 1. The van der Waals surface area contributed by atoms with Crippen molar-refractivity contribution >= 4 is 145 Å². The summed E-state index contributed by atoms with van der Waals surface area (Å²) in [5, 5.41) is -0.340. The predicted octanol–water partition coefficient (Wildman–Crippen LogP) is 11.2. The van der Waals surface area contributed by atoms with Gasteiger partial charge in [-0.2, -0.15) is 0 Å². The van der Waals surface area contributed by atoms with Gasteiger partial charge in [-0.05, 0) is 46.9 Å². The van der Waals surface area contributed by atoms with Crippen LogP contribution in [0.3, 0.4) is 0 Å². The lowest BCUT2D eigenvalue weighted by Crippen LogP contribution is -2.28. The molecule has 19 heteroatoms. The van der Waals surface area contributed by atoms with Crippen molar-refractivity contribution in [1.29, 1.82) is 0 Å². The average Bonchev–Trinajstić information content (AvgIpc) is 2.64. The van der Waals surface area contributed by atoms with Crippen LogP contribution in [0.15, 0.2) is 0 Å². The molecule has 0 aliphatic carbocycles. The Hall–Kier alpha value is 6.02. The van der Waals surface area contributed by atoms with Crippen molar-refractivity contribution < 1.29 is 14.3 Å². The monoisotopic (exact) mass is 770 g/mol. The Morgan fingerprint density at radius 3 is 1.38 bits per heavy atom. The quantitative estimate of drug-likeness (QED) is 0.155. The van der Waals surface area contributed by atoms with E-state index in [0.717, 1.165) is 15.9 Å². The molecule has 0 aliphatic rings. The molecule has 0 heterocycles. The lowest BCUT2D eigenvalue weighted by Gasteiger charge is -2.41. The number of hydrogen-bond donors (Lipinski definition) is 0. The molecule has 0 fully saturated rings. The molecule has 0 saturated carbocycles. The van der Waals surface area contributed by atoms with Gasteiger partial charge in [0.05, 0.1) is 6.42 Å². The molecule has 0 saturated heterocycles. The van der Waals surface area contributed by atoms with Gasteiger partial charge in [-0.1, -0.05) is 65.7 Å². The van der Waals surface area contributed by atoms with Crippen LogP contribution in [0.5, 0.6) is 0 Å². The Labute approximate surface area is 240 Å². The number of hydrogen-bond acceptors (Lipinski definition) is 3. The summed E-state index contributed by atoms with van der Waals surface area (Å²) >= 11 is 0. The summed E-state index contributed by atoms with van der Waals surface area (Å²) in [7, 11) is 26.1. The predicted molar refractivity (Wildman–Crippen MR) is 210 cm³/mol. The summed E-state index contributed by atoms with van der Waals surface area (Å²) in [6, 6.07) is 0. The fraction of sp³-hybridized carbons (Fsp3) is 0.867. The number of carbonyl (C=O) groups is 2. The van der Waals surface area contributed by atoms with Gasteiger partial charge in [0.2, 0.25) is 0 Å². The second-order valence-electron chi connectivity index (χ2n) is 9.94. The fourth-order valence-corrected chi connectivity index (χ4v) is 48.3. The number of esters is 1. The maximum atomic E-state index is 12.7. The van der Waals surface area contributed by atoms with E-state index in [2.05, 4.69) is 129 Å². The van der Waals surface area contributed by atoms with Crippen LogP contribution in [0.4, 0.5) is 0 Å². The molecular weight excluding hydrogens is 724 g/mol. The van der Waals surface area contributed by atoms with E-state index in [1.165, 1.54) is 0 Å². The van der Waals surface area contributed by atoms with E-state index in [0.29, 0.717) is 26.9 Å². The lowest BCUT2D eigenvalue weighted by molar-refractivity contribution is -0.148. The molecule has 0 bridgehead atoms. The molecule has 0 aromatic rings. The Balaban J connectivity index is 0. The van der Waals surface area contributed by atoms with E-state index in [1.807, 2.05) is 0 Å². The zero-order valence-corrected chi connectivity index (χ0v) is 38.1. The third kappa shape index (κ3) is 15.5. The molecule has 3 nitrogen and oxygen atoms in total. The largest absolute Gasteiger partial charge is 0.449 e. The van der Waals surface area contributed by atoms with Crippen molar-refractivity contribution in [3.8, 4) is 0 Å². The van der Waals surface area contributed by atoms with Gasteiger partial charge in [-0.15, -0.1) is 80.4 Å². The summed E-state index contributed by atoms with van der Waals surface area (Å²) in [5.41, 5.74) is 0.0631. The van der Waals surface area contributed by atoms with Crippen LogP contribution < -0.4 is 0 Å². The maximum Gasteiger partial charge on any atom is 0.307 e. The topological polar surface area (TPSA) is 43.4 Å². The molecule has 204 valence electrons. The van der Waals surface area contributed by atoms with Gasteiger partial charge < -0.3 is 4.74 Å². The highest BCUT2D eigenvalue weighted by Gasteiger charge is 2.45. The van der Waals surface area contributed by atoms with Crippen LogP contribution in [0.2, 0.25) is 0 Å². The summed E-state index contributed by atoms with van der Waals surface area (Å²) < 4.78 is 5.66. The minimum atomic E-state index is -0.473. The Morgan fingerprint density at radius 2 is 1.12 bits per heavy atom. The van der Waals surface area contributed by atoms with E-state index >= 15 is 0 Å². The molecule has 0 amide bonds. The second kappa shape index (κ2) is 19.3. The van der Waals surface area contributed by atoms with Crippen molar-refractivity contribution in [3.63, 3.8) is 0 Å². The van der Waals surface area contributed by atoms with Gasteiger partial charge in [0.25, 0.3) is 0 Å². The highest BCUT2D eigenvalue weighted by atomic mass is 32.6. The van der Waals surface area contributed by atoms with E-state index < -0.39 is 14.6 Å². The first-order chi connectivity index (χ1) is 15.1. The van der Waals surface area contributed by atoms with Gasteiger partial charge in [0, 0.05) is 6.42 Å². The normalized spacial score (nSPS) is 18.9. The summed E-state index contributed by atoms with van der Waals surface area (Å²) in [4.78, 5) is 24.7. The Kier molecular flexibility index (Phi) is 24.0. The van der Waals surface area contributed by atoms with Crippen molar-refractivity contribution in [2.24, 2.45) is 10.8 Å². The van der Waals surface area contributed by atoms with Crippen molar-refractivity contribution in [3.05, 3.63) is 0 Å². The van der Waals surface area contributed by atoms with E-state index in [1.54, 1.807) is 0 Å². The second-order valence-corrected chi connectivity index (χ2v) is 45.6. The molecule has 0 spiro atoms. The first kappa shape index (κ1) is 42.2. The molecule has 0 N–H and O–H groups in total. The molecule has 16 atom stereocenters. The van der Waals surface area contributed by atoms with Crippen LogP contribution in [0, 0.1) is 10.8 Å². The Bertz CT molecular complexity index is 636. The molecular formula is C15H46O3P16. The first-order valence-corrected chi connectivity index (χ1v) is 35.2. The van der Waals surface area contributed by atoms with Crippen LogP contribution in [-0.2, 0) is 14.3 Å². The molecule has 16 unspecified atom stereocenters. The fourth-order valence-electron chi connectivity index (χ4n) is 2.36. The van der Waals surface area contributed by atoms with Gasteiger partial charge >= 0.3 is 5.97 Å². The third-order valence-corrected chi connectivity index (χ3v) is 50.1. The van der Waals surface area contributed by atoms with E-state index in [9.17, 15) is 9.59 Å². The summed E-state index contributed by atoms with van der Waals surface area (Å²) in [5.74, 6) is 0.362. The van der Waals surface area contributed by atoms with Gasteiger partial charge in [0.1, 0.15) is 4.64 Å². The highest BCUT2D eigenvalue weighted by molar-refractivity contribution is 8.67. The Morgan fingerprint density at radius 1 is 0.706 bits per heavy atom. The number of carbonyl (C=O) groups excluding carboxylic acids is 2. The standard InChI is InChI=1S/C8H23O2P7.C7H23OP9/c1-7(2,3)5-6(9)10-8(4,16(12)13)17(14)15-11;1-6(2,3)4-5(8)7(14-9,16(11)12)17(13)15-10/h15H,5,11-14H2,1-4H3;14-15H,4,9-13H2,1-3H3. The minimum Gasteiger partial charge on any atom is -0.449 e.